The number of nitrogens with zero attached hydrogens (tertiary/aromatic N) is 6. The number of quaternary nitrogens is 1. The van der Waals surface area contributed by atoms with Gasteiger partial charge in [-0.05, 0) is 86.0 Å². The molecule has 272 valence electrons. The highest BCUT2D eigenvalue weighted by Gasteiger charge is 2.39. The van der Waals surface area contributed by atoms with Gasteiger partial charge in [0.1, 0.15) is 37.1 Å². The predicted molar refractivity (Wildman–Crippen MR) is 204 cm³/mol. The number of aromatic nitrogens is 2. The number of carbonyl (C=O) groups is 2. The van der Waals surface area contributed by atoms with Gasteiger partial charge in [0.2, 0.25) is 0 Å². The monoisotopic (exact) mass is 732 g/mol. The first-order valence-corrected chi connectivity index (χ1v) is 18.0. The molecule has 11 nitrogen and oxygen atoms in total. The van der Waals surface area contributed by atoms with Gasteiger partial charge in [-0.2, -0.15) is 11.1 Å². The van der Waals surface area contributed by atoms with Gasteiger partial charge in [0.15, 0.2) is 0 Å². The quantitative estimate of drug-likeness (QED) is 0.153. The molecule has 0 bridgehead atoms. The Bertz CT molecular complexity index is 2260. The number of ether oxygens (including phenoxy) is 1. The number of phenols is 1. The van der Waals surface area contributed by atoms with Crippen LogP contribution in [0.1, 0.15) is 48.9 Å². The maximum absolute atomic E-state index is 14.9. The molecule has 0 saturated carbocycles. The number of halogens is 1. The van der Waals surface area contributed by atoms with Crippen molar-refractivity contribution in [1.29, 1.82) is 5.26 Å². The highest BCUT2D eigenvalue weighted by molar-refractivity contribution is 6.31. The standard InChI is InChI=1S/C41H42ClN7O4/c1-26-36(41(52)48(31-10-12-34(50)13-11-31)38-21-32(23-43)45(3)27(38)2)22-39(46(26)4)37-20-30(42)9-14-35(37)40(51)47-24-29-8-6-5-7-28(29)19-33(47)25-49(44)15-17-53-18-16-49/h5-14,20-22,33H,15-19,24-25,44H2,1-4H3/p+1/t33-/m0/s1. The van der Waals surface area contributed by atoms with Gasteiger partial charge in [0, 0.05) is 59.6 Å². The molecular weight excluding hydrogens is 690 g/mol. The van der Waals surface area contributed by atoms with Crippen LogP contribution in [0.3, 0.4) is 0 Å². The van der Waals surface area contributed by atoms with E-state index in [4.69, 9.17) is 22.2 Å². The van der Waals surface area contributed by atoms with Crippen molar-refractivity contribution in [2.24, 2.45) is 19.9 Å². The van der Waals surface area contributed by atoms with Crippen molar-refractivity contribution in [3.8, 4) is 23.1 Å². The minimum Gasteiger partial charge on any atom is -0.508 e. The predicted octanol–water partition coefficient (Wildman–Crippen LogP) is 6.14. The van der Waals surface area contributed by atoms with Crippen molar-refractivity contribution < 1.29 is 24.0 Å². The van der Waals surface area contributed by atoms with Crippen LogP contribution >= 0.6 is 11.6 Å². The summed E-state index contributed by atoms with van der Waals surface area (Å²) in [5.74, 6) is 6.48. The lowest BCUT2D eigenvalue weighted by Gasteiger charge is -2.43. The van der Waals surface area contributed by atoms with Gasteiger partial charge in [0.05, 0.1) is 30.5 Å². The molecule has 5 aromatic rings. The lowest BCUT2D eigenvalue weighted by atomic mass is 9.92. The third-order valence-corrected chi connectivity index (χ3v) is 11.2. The number of rotatable bonds is 7. The third kappa shape index (κ3) is 6.71. The molecule has 1 atom stereocenters. The molecule has 2 aliphatic heterocycles. The van der Waals surface area contributed by atoms with Crippen LogP contribution in [0, 0.1) is 25.2 Å². The fourth-order valence-corrected chi connectivity index (χ4v) is 7.82. The third-order valence-electron chi connectivity index (χ3n) is 11.0. The maximum Gasteiger partial charge on any atom is 0.264 e. The molecule has 53 heavy (non-hydrogen) atoms. The molecule has 1 fully saturated rings. The van der Waals surface area contributed by atoms with Crippen LogP contribution < -0.4 is 10.7 Å². The molecule has 0 spiro atoms. The summed E-state index contributed by atoms with van der Waals surface area (Å²) in [5, 5.41) is 20.3. The van der Waals surface area contributed by atoms with Crippen LogP contribution in [0.2, 0.25) is 5.02 Å². The summed E-state index contributed by atoms with van der Waals surface area (Å²) < 4.78 is 9.59. The molecule has 0 unspecified atom stereocenters. The van der Waals surface area contributed by atoms with Crippen LogP contribution in [0.5, 0.6) is 5.75 Å². The molecule has 3 aromatic carbocycles. The average molecular weight is 733 g/mol. The normalized spacial score (nSPS) is 16.5. The van der Waals surface area contributed by atoms with E-state index in [2.05, 4.69) is 18.2 Å². The molecule has 0 radical (unpaired) electrons. The number of nitriles is 1. The van der Waals surface area contributed by atoms with Gasteiger partial charge in [0.25, 0.3) is 11.8 Å². The Morgan fingerprint density at radius 3 is 2.34 bits per heavy atom. The van der Waals surface area contributed by atoms with Crippen LogP contribution in [0.15, 0.2) is 78.9 Å². The molecule has 2 aliphatic rings. The number of hydrogen-bond acceptors (Lipinski definition) is 6. The van der Waals surface area contributed by atoms with Crippen molar-refractivity contribution in [3.63, 3.8) is 0 Å². The molecule has 2 amide bonds. The van der Waals surface area contributed by atoms with Crippen molar-refractivity contribution in [2.75, 3.05) is 37.7 Å². The summed E-state index contributed by atoms with van der Waals surface area (Å²) in [5.41, 5.74) is 7.30. The summed E-state index contributed by atoms with van der Waals surface area (Å²) in [4.78, 5) is 33.1. The molecule has 1 saturated heterocycles. The topological polar surface area (TPSA) is 130 Å². The lowest BCUT2D eigenvalue weighted by Crippen LogP contribution is -2.65. The summed E-state index contributed by atoms with van der Waals surface area (Å²) in [6.07, 6.45) is 0.685. The Morgan fingerprint density at radius 1 is 0.962 bits per heavy atom. The van der Waals surface area contributed by atoms with Gasteiger partial charge in [-0.15, -0.1) is 0 Å². The number of hydrogen-bond donors (Lipinski definition) is 2. The molecule has 3 N–H and O–H groups in total. The Kier molecular flexibility index (Phi) is 9.65. The average Bonchev–Trinajstić information content (AvgIpc) is 3.61. The van der Waals surface area contributed by atoms with Crippen molar-refractivity contribution in [1.82, 2.24) is 14.0 Å². The minimum absolute atomic E-state index is 0.0627. The van der Waals surface area contributed by atoms with Crippen molar-refractivity contribution >= 4 is 34.8 Å². The van der Waals surface area contributed by atoms with Crippen LogP contribution in [-0.4, -0.2) is 74.4 Å². The van der Waals surface area contributed by atoms with Gasteiger partial charge in [-0.3, -0.25) is 14.5 Å². The van der Waals surface area contributed by atoms with E-state index in [1.54, 1.807) is 59.0 Å². The summed E-state index contributed by atoms with van der Waals surface area (Å²) in [6, 6.07) is 25.4. The van der Waals surface area contributed by atoms with E-state index in [1.807, 2.05) is 42.5 Å². The summed E-state index contributed by atoms with van der Waals surface area (Å²) in [7, 11) is 3.64. The van der Waals surface area contributed by atoms with Crippen LogP contribution in [0.4, 0.5) is 11.4 Å². The first-order valence-electron chi connectivity index (χ1n) is 17.7. The second-order valence-electron chi connectivity index (χ2n) is 14.1. The first-order chi connectivity index (χ1) is 25.4. The first kappa shape index (κ1) is 36.0. The number of nitrogens with two attached hydrogens (primary N) is 1. The number of fused-ring (bicyclic) bond motifs is 1. The minimum atomic E-state index is -0.335. The molecule has 12 heteroatoms. The number of aromatic hydroxyl groups is 1. The molecule has 7 rings (SSSR count). The molecule has 4 heterocycles. The van der Waals surface area contributed by atoms with E-state index in [-0.39, 0.29) is 23.6 Å². The molecule has 0 aliphatic carbocycles. The lowest BCUT2D eigenvalue weighted by molar-refractivity contribution is -0.948. The fraction of sp³-hybridized carbons (Fsp3) is 0.293. The number of phenolic OH excluding ortho intramolecular Hbond substituents is 1. The Morgan fingerprint density at radius 2 is 1.66 bits per heavy atom. The number of amides is 2. The highest BCUT2D eigenvalue weighted by atomic mass is 35.5. The molecular formula is C41H43ClN7O4+. The van der Waals surface area contributed by atoms with E-state index in [0.717, 1.165) is 11.3 Å². The van der Waals surface area contributed by atoms with E-state index < -0.39 is 0 Å². The second-order valence-corrected chi connectivity index (χ2v) is 14.6. The zero-order valence-corrected chi connectivity index (χ0v) is 31.1. The van der Waals surface area contributed by atoms with Crippen LogP contribution in [0.25, 0.3) is 11.3 Å². The number of benzene rings is 3. The highest BCUT2D eigenvalue weighted by Crippen LogP contribution is 2.37. The van der Waals surface area contributed by atoms with Crippen molar-refractivity contribution in [3.05, 3.63) is 123 Å². The van der Waals surface area contributed by atoms with E-state index >= 15 is 0 Å². The Labute approximate surface area is 314 Å². The largest absolute Gasteiger partial charge is 0.508 e. The fourth-order valence-electron chi connectivity index (χ4n) is 7.65. The Balaban J connectivity index is 1.30. The second kappa shape index (κ2) is 14.2. The van der Waals surface area contributed by atoms with E-state index in [0.29, 0.717) is 101 Å². The zero-order valence-electron chi connectivity index (χ0n) is 30.3. The van der Waals surface area contributed by atoms with Gasteiger partial charge < -0.3 is 23.9 Å². The van der Waals surface area contributed by atoms with Gasteiger partial charge >= 0.3 is 0 Å². The molecule has 2 aromatic heterocycles. The van der Waals surface area contributed by atoms with Gasteiger partial charge in [-0.1, -0.05) is 35.9 Å². The smallest absolute Gasteiger partial charge is 0.264 e. The van der Waals surface area contributed by atoms with E-state index in [1.165, 1.54) is 17.7 Å². The number of carbonyl (C=O) groups excluding carboxylic acids is 2. The zero-order chi connectivity index (χ0) is 37.6. The van der Waals surface area contributed by atoms with E-state index in [9.17, 15) is 20.0 Å². The van der Waals surface area contributed by atoms with Gasteiger partial charge in [-0.25, -0.2) is 4.59 Å². The SMILES string of the molecule is Cc1c(N(C(=O)c2cc(-c3cc(Cl)ccc3C(=O)N3Cc4ccccc4C[C@H]3C[N+]3(N)CCOCC3)n(C)c2C)c2ccc(O)cc2)cc(C#N)n1C. The van der Waals surface area contributed by atoms with Crippen molar-refractivity contribution in [2.45, 2.75) is 32.9 Å². The number of morpholine rings is 1. The summed E-state index contributed by atoms with van der Waals surface area (Å²) in [6.45, 7) is 7.25. The maximum atomic E-state index is 14.9. The van der Waals surface area contributed by atoms with Crippen LogP contribution in [-0.2, 0) is 31.8 Å². The number of anilines is 2. The summed E-state index contributed by atoms with van der Waals surface area (Å²) >= 11 is 6.64. The Hall–Kier alpha value is -5.38.